The number of aromatic nitrogens is 1. The molecule has 1 N–H and O–H groups in total. The number of hydrogen-bond donors (Lipinski definition) is 1. The topological polar surface area (TPSA) is 92.8 Å². The van der Waals surface area contributed by atoms with Crippen LogP contribution in [0.4, 0.5) is 5.82 Å². The Bertz CT molecular complexity index is 1070. The zero-order valence-electron chi connectivity index (χ0n) is 20.2. The third-order valence-electron chi connectivity index (χ3n) is 6.38. The quantitative estimate of drug-likeness (QED) is 0.312. The van der Waals surface area contributed by atoms with Crippen LogP contribution in [0.15, 0.2) is 9.70 Å². The molecule has 184 valence electrons. The zero-order valence-corrected chi connectivity index (χ0v) is 21.8. The minimum atomic E-state index is -0.306. The molecule has 1 amide bonds. The number of carbonyl (C=O) groups is 1. The molecule has 34 heavy (non-hydrogen) atoms. The summed E-state index contributed by atoms with van der Waals surface area (Å²) in [5.74, 6) is 0.626. The lowest BCUT2D eigenvalue weighted by atomic mass is 10.0. The minimum Gasteiger partial charge on any atom is -0.395 e. The fraction of sp³-hybridized carbons (Fsp3) is 0.583. The SMILES string of the molecule is CCCCCN1C(=O)/C(=C/c2c(C)c(C#N)c(=O)n(CC)c2N2CCN(CCO)CC2)SC1=S. The molecule has 0 bridgehead atoms. The van der Waals surface area contributed by atoms with E-state index < -0.39 is 0 Å². The van der Waals surface area contributed by atoms with Crippen molar-refractivity contribution in [3.8, 4) is 6.07 Å². The molecule has 0 unspecified atom stereocenters. The fourth-order valence-corrected chi connectivity index (χ4v) is 5.74. The smallest absolute Gasteiger partial charge is 0.270 e. The molecule has 2 aliphatic heterocycles. The van der Waals surface area contributed by atoms with Crippen LogP contribution in [-0.4, -0.2) is 75.6 Å². The number of hydrogen-bond acceptors (Lipinski definition) is 8. The molecule has 2 aliphatic rings. The summed E-state index contributed by atoms with van der Waals surface area (Å²) in [5, 5.41) is 19.0. The molecular formula is C24H33N5O3S2. The number of aliphatic hydroxyl groups excluding tert-OH is 1. The van der Waals surface area contributed by atoms with Gasteiger partial charge in [-0.05, 0) is 31.9 Å². The highest BCUT2D eigenvalue weighted by Crippen LogP contribution is 2.36. The van der Waals surface area contributed by atoms with E-state index in [1.165, 1.54) is 11.8 Å². The van der Waals surface area contributed by atoms with Crippen molar-refractivity contribution in [2.75, 3.05) is 50.8 Å². The number of pyridine rings is 1. The Kier molecular flexibility index (Phi) is 9.31. The summed E-state index contributed by atoms with van der Waals surface area (Å²) in [7, 11) is 0. The van der Waals surface area contributed by atoms with Crippen LogP contribution >= 0.6 is 24.0 Å². The lowest BCUT2D eigenvalue weighted by Crippen LogP contribution is -2.49. The number of β-amino-alcohol motifs (C(OH)–C–C–N with tert-alkyl or cyclic N) is 1. The van der Waals surface area contributed by atoms with Crippen molar-refractivity contribution in [1.29, 1.82) is 5.26 Å². The summed E-state index contributed by atoms with van der Waals surface area (Å²) in [6.07, 6.45) is 4.82. The van der Waals surface area contributed by atoms with Crippen molar-refractivity contribution in [2.24, 2.45) is 0 Å². The summed E-state index contributed by atoms with van der Waals surface area (Å²) in [6.45, 7) is 10.4. The van der Waals surface area contributed by atoms with Crippen LogP contribution in [0.3, 0.4) is 0 Å². The van der Waals surface area contributed by atoms with Crippen LogP contribution in [0.5, 0.6) is 0 Å². The third kappa shape index (κ3) is 5.38. The number of thiocarbonyl (C=S) groups is 1. The standard InChI is InChI=1S/C24H33N5O3S2/c1-4-6-7-8-29-23(32)20(34-24(29)33)15-18-17(3)19(16-25)22(31)28(5-2)21(18)27-11-9-26(10-12-27)13-14-30/h15,30H,4-14H2,1-3H3/b20-15-. The second kappa shape index (κ2) is 12.0. The zero-order chi connectivity index (χ0) is 24.8. The van der Waals surface area contributed by atoms with E-state index in [0.29, 0.717) is 47.5 Å². The summed E-state index contributed by atoms with van der Waals surface area (Å²) < 4.78 is 2.19. The molecule has 3 heterocycles. The van der Waals surface area contributed by atoms with Gasteiger partial charge in [-0.25, -0.2) is 0 Å². The number of piperazine rings is 1. The molecule has 0 atom stereocenters. The Morgan fingerprint density at radius 1 is 1.15 bits per heavy atom. The predicted molar refractivity (Wildman–Crippen MR) is 141 cm³/mol. The Balaban J connectivity index is 2.06. The first-order chi connectivity index (χ1) is 16.4. The van der Waals surface area contributed by atoms with Crippen LogP contribution < -0.4 is 10.5 Å². The summed E-state index contributed by atoms with van der Waals surface area (Å²) in [4.78, 5) is 32.8. The summed E-state index contributed by atoms with van der Waals surface area (Å²) in [6, 6.07) is 2.08. The largest absolute Gasteiger partial charge is 0.395 e. The van der Waals surface area contributed by atoms with Crippen molar-refractivity contribution in [1.82, 2.24) is 14.4 Å². The number of aliphatic hydroxyl groups is 1. The van der Waals surface area contributed by atoms with Gasteiger partial charge in [-0.15, -0.1) is 0 Å². The maximum absolute atomic E-state index is 13.2. The lowest BCUT2D eigenvalue weighted by molar-refractivity contribution is -0.122. The number of rotatable bonds is 9. The van der Waals surface area contributed by atoms with Gasteiger partial charge in [0.15, 0.2) is 0 Å². The first-order valence-electron chi connectivity index (χ1n) is 11.9. The van der Waals surface area contributed by atoms with Crippen molar-refractivity contribution >= 4 is 46.1 Å². The molecule has 0 radical (unpaired) electrons. The van der Waals surface area contributed by atoms with Crippen LogP contribution in [0.25, 0.3) is 6.08 Å². The molecule has 1 aromatic heterocycles. The normalized spacial score (nSPS) is 18.3. The molecule has 1 aromatic rings. The van der Waals surface area contributed by atoms with Gasteiger partial charge in [0.2, 0.25) is 0 Å². The maximum Gasteiger partial charge on any atom is 0.270 e. The number of amides is 1. The van der Waals surface area contributed by atoms with Gasteiger partial charge >= 0.3 is 0 Å². The van der Waals surface area contributed by atoms with Crippen molar-refractivity contribution in [3.05, 3.63) is 31.9 Å². The van der Waals surface area contributed by atoms with Gasteiger partial charge in [0.1, 0.15) is 21.8 Å². The Morgan fingerprint density at radius 3 is 2.44 bits per heavy atom. The lowest BCUT2D eigenvalue weighted by Gasteiger charge is -2.37. The Hall–Kier alpha value is -2.19. The first kappa shape index (κ1) is 26.4. The van der Waals surface area contributed by atoms with Crippen LogP contribution in [0.2, 0.25) is 0 Å². The fourth-order valence-electron chi connectivity index (χ4n) is 4.45. The molecule has 0 aromatic carbocycles. The molecule has 3 rings (SSSR count). The molecule has 10 heteroatoms. The number of carbonyl (C=O) groups excluding carboxylic acids is 1. The average molecular weight is 504 g/mol. The molecule has 0 saturated carbocycles. The van der Waals surface area contributed by atoms with Gasteiger partial charge in [-0.2, -0.15) is 5.26 Å². The van der Waals surface area contributed by atoms with Crippen LogP contribution in [0, 0.1) is 18.3 Å². The van der Waals surface area contributed by atoms with E-state index in [9.17, 15) is 20.0 Å². The van der Waals surface area contributed by atoms with Crippen molar-refractivity contribution < 1.29 is 9.90 Å². The van der Waals surface area contributed by atoms with Gasteiger partial charge < -0.3 is 10.0 Å². The van der Waals surface area contributed by atoms with E-state index in [0.717, 1.165) is 43.7 Å². The molecule has 2 saturated heterocycles. The average Bonchev–Trinajstić information content (AvgIpc) is 3.09. The Morgan fingerprint density at radius 2 is 1.85 bits per heavy atom. The van der Waals surface area contributed by atoms with Crippen LogP contribution in [-0.2, 0) is 11.3 Å². The highest BCUT2D eigenvalue weighted by Gasteiger charge is 2.33. The number of thioether (sulfide) groups is 1. The number of nitrogens with zero attached hydrogens (tertiary/aromatic N) is 5. The van der Waals surface area contributed by atoms with E-state index in [1.807, 2.05) is 13.0 Å². The molecule has 2 fully saturated rings. The minimum absolute atomic E-state index is 0.106. The predicted octanol–water partition coefficient (Wildman–Crippen LogP) is 2.55. The second-order valence-electron chi connectivity index (χ2n) is 8.49. The van der Waals surface area contributed by atoms with E-state index in [1.54, 1.807) is 16.4 Å². The molecule has 0 spiro atoms. The number of nitriles is 1. The Labute approximate surface area is 210 Å². The van der Waals surface area contributed by atoms with Gasteiger partial charge in [-0.3, -0.25) is 24.0 Å². The van der Waals surface area contributed by atoms with Gasteiger partial charge in [0, 0.05) is 51.4 Å². The monoisotopic (exact) mass is 503 g/mol. The maximum atomic E-state index is 13.2. The van der Waals surface area contributed by atoms with E-state index in [4.69, 9.17) is 12.2 Å². The van der Waals surface area contributed by atoms with Crippen LogP contribution in [0.1, 0.15) is 49.8 Å². The number of unbranched alkanes of at least 4 members (excludes halogenated alkanes) is 2. The first-order valence-corrected chi connectivity index (χ1v) is 13.1. The third-order valence-corrected chi connectivity index (χ3v) is 7.76. The highest BCUT2D eigenvalue weighted by atomic mass is 32.2. The number of anilines is 1. The van der Waals surface area contributed by atoms with E-state index in [-0.39, 0.29) is 23.6 Å². The molecule has 8 nitrogen and oxygen atoms in total. The van der Waals surface area contributed by atoms with Gasteiger partial charge in [-0.1, -0.05) is 43.7 Å². The van der Waals surface area contributed by atoms with Gasteiger partial charge in [0.25, 0.3) is 11.5 Å². The van der Waals surface area contributed by atoms with Crippen molar-refractivity contribution in [2.45, 2.75) is 46.6 Å². The van der Waals surface area contributed by atoms with E-state index in [2.05, 4.69) is 22.8 Å². The highest BCUT2D eigenvalue weighted by molar-refractivity contribution is 8.26. The van der Waals surface area contributed by atoms with Crippen molar-refractivity contribution in [3.63, 3.8) is 0 Å². The molecule has 0 aliphatic carbocycles. The second-order valence-corrected chi connectivity index (χ2v) is 10.2. The summed E-state index contributed by atoms with van der Waals surface area (Å²) in [5.41, 5.74) is 1.11. The van der Waals surface area contributed by atoms with E-state index >= 15 is 0 Å². The summed E-state index contributed by atoms with van der Waals surface area (Å²) >= 11 is 6.77. The van der Waals surface area contributed by atoms with Gasteiger partial charge in [0.05, 0.1) is 11.5 Å². The molecular weight excluding hydrogens is 470 g/mol.